The van der Waals surface area contributed by atoms with Crippen LogP contribution in [0.3, 0.4) is 0 Å². The standard InChI is InChI=1S/C13H25F3N4.HI/c1-17-12(19-11-6-4-3-5-7-11)18-8-9-20(2)10-13(14,15)16;/h11H,3-10H2,1-2H3,(H2,17,18,19);1H. The Hall–Kier alpha value is -0.250. The van der Waals surface area contributed by atoms with Crippen molar-refractivity contribution in [2.24, 2.45) is 4.99 Å². The lowest BCUT2D eigenvalue weighted by Gasteiger charge is -2.25. The van der Waals surface area contributed by atoms with Gasteiger partial charge in [-0.05, 0) is 19.9 Å². The van der Waals surface area contributed by atoms with Gasteiger partial charge in [-0.15, -0.1) is 24.0 Å². The van der Waals surface area contributed by atoms with Crippen molar-refractivity contribution >= 4 is 29.9 Å². The van der Waals surface area contributed by atoms with Crippen molar-refractivity contribution in [1.29, 1.82) is 0 Å². The molecule has 0 atom stereocenters. The average molecular weight is 422 g/mol. The molecule has 1 saturated carbocycles. The zero-order chi connectivity index (χ0) is 15.0. The minimum atomic E-state index is -4.14. The van der Waals surface area contributed by atoms with Gasteiger partial charge in [-0.3, -0.25) is 9.89 Å². The minimum absolute atomic E-state index is 0. The first kappa shape index (κ1) is 20.8. The van der Waals surface area contributed by atoms with Gasteiger partial charge in [0.2, 0.25) is 0 Å². The van der Waals surface area contributed by atoms with Crippen LogP contribution in [0.25, 0.3) is 0 Å². The van der Waals surface area contributed by atoms with E-state index < -0.39 is 12.7 Å². The Kier molecular flexibility index (Phi) is 10.3. The highest BCUT2D eigenvalue weighted by Gasteiger charge is 2.28. The van der Waals surface area contributed by atoms with Crippen LogP contribution < -0.4 is 10.6 Å². The van der Waals surface area contributed by atoms with Crippen molar-refractivity contribution < 1.29 is 13.2 Å². The van der Waals surface area contributed by atoms with E-state index in [-0.39, 0.29) is 24.0 Å². The van der Waals surface area contributed by atoms with Crippen LogP contribution >= 0.6 is 24.0 Å². The lowest BCUT2D eigenvalue weighted by atomic mass is 9.96. The van der Waals surface area contributed by atoms with Gasteiger partial charge in [0.1, 0.15) is 0 Å². The molecule has 0 bridgehead atoms. The van der Waals surface area contributed by atoms with Crippen LogP contribution in [-0.2, 0) is 0 Å². The van der Waals surface area contributed by atoms with Crippen molar-refractivity contribution in [3.05, 3.63) is 0 Å². The van der Waals surface area contributed by atoms with E-state index >= 15 is 0 Å². The lowest BCUT2D eigenvalue weighted by molar-refractivity contribution is -0.142. The molecule has 0 spiro atoms. The summed E-state index contributed by atoms with van der Waals surface area (Å²) < 4.78 is 36.5. The van der Waals surface area contributed by atoms with Gasteiger partial charge in [-0.1, -0.05) is 19.3 Å². The van der Waals surface area contributed by atoms with Crippen molar-refractivity contribution in [2.45, 2.75) is 44.3 Å². The number of rotatable bonds is 5. The largest absolute Gasteiger partial charge is 0.401 e. The van der Waals surface area contributed by atoms with E-state index in [0.717, 1.165) is 12.8 Å². The third-order valence-electron chi connectivity index (χ3n) is 3.40. The first-order valence-electron chi connectivity index (χ1n) is 7.13. The van der Waals surface area contributed by atoms with Crippen molar-refractivity contribution in [3.63, 3.8) is 0 Å². The Morgan fingerprint density at radius 1 is 1.24 bits per heavy atom. The number of nitrogens with one attached hydrogen (secondary N) is 2. The molecule has 2 N–H and O–H groups in total. The highest BCUT2D eigenvalue weighted by atomic mass is 127. The summed E-state index contributed by atoms with van der Waals surface area (Å²) in [6.45, 7) is -0.118. The van der Waals surface area contributed by atoms with Crippen LogP contribution in [0, 0.1) is 0 Å². The third-order valence-corrected chi connectivity index (χ3v) is 3.40. The number of guanidine groups is 1. The zero-order valence-electron chi connectivity index (χ0n) is 12.7. The summed E-state index contributed by atoms with van der Waals surface area (Å²) in [5, 5.41) is 6.39. The normalized spacial score (nSPS) is 17.5. The van der Waals surface area contributed by atoms with Crippen molar-refractivity contribution in [3.8, 4) is 0 Å². The second-order valence-corrected chi connectivity index (χ2v) is 5.33. The number of hydrogen-bond acceptors (Lipinski definition) is 2. The maximum Gasteiger partial charge on any atom is 0.401 e. The van der Waals surface area contributed by atoms with E-state index in [4.69, 9.17) is 0 Å². The van der Waals surface area contributed by atoms with E-state index in [2.05, 4.69) is 15.6 Å². The molecule has 0 heterocycles. The summed E-state index contributed by atoms with van der Waals surface area (Å²) in [6, 6.07) is 0.433. The molecular formula is C13H26F3IN4. The maximum absolute atomic E-state index is 12.2. The van der Waals surface area contributed by atoms with Gasteiger partial charge in [-0.2, -0.15) is 13.2 Å². The second-order valence-electron chi connectivity index (χ2n) is 5.33. The van der Waals surface area contributed by atoms with Crippen LogP contribution in [-0.4, -0.2) is 56.8 Å². The molecule has 1 rings (SSSR count). The number of aliphatic imine (C=N–C) groups is 1. The lowest BCUT2D eigenvalue weighted by Crippen LogP contribution is -2.46. The Balaban J connectivity index is 0.00000400. The SMILES string of the molecule is CN=C(NCCN(C)CC(F)(F)F)NC1CCCCC1.I. The van der Waals surface area contributed by atoms with Crippen LogP contribution in [0.15, 0.2) is 4.99 Å². The first-order valence-corrected chi connectivity index (χ1v) is 7.13. The van der Waals surface area contributed by atoms with E-state index in [0.29, 0.717) is 25.1 Å². The summed E-state index contributed by atoms with van der Waals surface area (Å²) in [7, 11) is 3.14. The summed E-state index contributed by atoms with van der Waals surface area (Å²) in [5.74, 6) is 0.678. The summed E-state index contributed by atoms with van der Waals surface area (Å²) >= 11 is 0. The fraction of sp³-hybridized carbons (Fsp3) is 0.923. The number of nitrogens with zero attached hydrogens (tertiary/aromatic N) is 2. The Morgan fingerprint density at radius 3 is 2.38 bits per heavy atom. The van der Waals surface area contributed by atoms with E-state index in [1.165, 1.54) is 31.2 Å². The number of likely N-dealkylation sites (N-methyl/N-ethyl adjacent to an activating group) is 1. The van der Waals surface area contributed by atoms with Crippen LogP contribution in [0.1, 0.15) is 32.1 Å². The molecule has 8 heteroatoms. The van der Waals surface area contributed by atoms with Gasteiger partial charge < -0.3 is 10.6 Å². The van der Waals surface area contributed by atoms with Crippen molar-refractivity contribution in [1.82, 2.24) is 15.5 Å². The molecule has 21 heavy (non-hydrogen) atoms. The second kappa shape index (κ2) is 10.5. The predicted molar refractivity (Wildman–Crippen MR) is 90.3 cm³/mol. The smallest absolute Gasteiger partial charge is 0.355 e. The fourth-order valence-electron chi connectivity index (χ4n) is 2.39. The third kappa shape index (κ3) is 10.2. The zero-order valence-corrected chi connectivity index (χ0v) is 15.0. The summed E-state index contributed by atoms with van der Waals surface area (Å²) in [6.07, 6.45) is 1.86. The fourth-order valence-corrected chi connectivity index (χ4v) is 2.39. The molecule has 0 aromatic heterocycles. The molecule has 0 aromatic rings. The molecular weight excluding hydrogens is 396 g/mol. The summed E-state index contributed by atoms with van der Waals surface area (Å²) in [5.41, 5.74) is 0. The number of hydrogen-bond donors (Lipinski definition) is 2. The van der Waals surface area contributed by atoms with Crippen LogP contribution in [0.5, 0.6) is 0 Å². The van der Waals surface area contributed by atoms with Gasteiger partial charge in [0.25, 0.3) is 0 Å². The first-order chi connectivity index (χ1) is 9.40. The van der Waals surface area contributed by atoms with E-state index in [1.807, 2.05) is 0 Å². The van der Waals surface area contributed by atoms with Gasteiger partial charge in [0.05, 0.1) is 6.54 Å². The van der Waals surface area contributed by atoms with Gasteiger partial charge >= 0.3 is 6.18 Å². The molecule has 4 nitrogen and oxygen atoms in total. The maximum atomic E-state index is 12.2. The molecule has 1 aliphatic rings. The van der Waals surface area contributed by atoms with Crippen LogP contribution in [0.2, 0.25) is 0 Å². The molecule has 1 fully saturated rings. The number of halogens is 4. The predicted octanol–water partition coefficient (Wildman–Crippen LogP) is 2.60. The highest BCUT2D eigenvalue weighted by Crippen LogP contribution is 2.17. The number of alkyl halides is 3. The molecule has 0 aromatic carbocycles. The molecule has 0 amide bonds. The topological polar surface area (TPSA) is 39.7 Å². The Morgan fingerprint density at radius 2 is 1.86 bits per heavy atom. The van der Waals surface area contributed by atoms with Gasteiger partial charge in [0, 0.05) is 26.2 Å². The Labute approximate surface area is 142 Å². The molecule has 0 unspecified atom stereocenters. The summed E-state index contributed by atoms with van der Waals surface area (Å²) in [4.78, 5) is 5.36. The highest BCUT2D eigenvalue weighted by molar-refractivity contribution is 14.0. The van der Waals surface area contributed by atoms with E-state index in [9.17, 15) is 13.2 Å². The molecule has 126 valence electrons. The quantitative estimate of drug-likeness (QED) is 0.407. The molecule has 0 radical (unpaired) electrons. The molecule has 0 aliphatic heterocycles. The van der Waals surface area contributed by atoms with Gasteiger partial charge in [-0.25, -0.2) is 0 Å². The van der Waals surface area contributed by atoms with E-state index in [1.54, 1.807) is 7.05 Å². The Bertz CT molecular complexity index is 304. The molecule has 0 saturated heterocycles. The monoisotopic (exact) mass is 422 g/mol. The van der Waals surface area contributed by atoms with Crippen molar-refractivity contribution in [2.75, 3.05) is 33.7 Å². The van der Waals surface area contributed by atoms with Gasteiger partial charge in [0.15, 0.2) is 5.96 Å². The average Bonchev–Trinajstić information content (AvgIpc) is 2.36. The molecule has 1 aliphatic carbocycles. The van der Waals surface area contributed by atoms with Crippen LogP contribution in [0.4, 0.5) is 13.2 Å². The minimum Gasteiger partial charge on any atom is -0.355 e.